The number of nitrogens with one attached hydrogen (secondary N) is 1. The number of hydrogen-bond donors (Lipinski definition) is 1. The van der Waals surface area contributed by atoms with Crippen molar-refractivity contribution in [3.8, 4) is 11.8 Å². The van der Waals surface area contributed by atoms with Gasteiger partial charge in [-0.15, -0.1) is 0 Å². The fourth-order valence-corrected chi connectivity index (χ4v) is 2.69. The van der Waals surface area contributed by atoms with Crippen molar-refractivity contribution in [1.82, 2.24) is 5.32 Å². The molecular weight excluding hydrogens is 296 g/mol. The van der Waals surface area contributed by atoms with Crippen LogP contribution in [0, 0.1) is 11.3 Å². The van der Waals surface area contributed by atoms with Gasteiger partial charge in [0.1, 0.15) is 11.3 Å². The van der Waals surface area contributed by atoms with Crippen molar-refractivity contribution in [2.45, 2.75) is 37.6 Å². The number of nitrogens with zero attached hydrogens (tertiary/aromatic N) is 1. The fraction of sp³-hybridized carbons (Fsp3) is 0.471. The molecule has 1 aliphatic rings. The van der Waals surface area contributed by atoms with E-state index in [0.29, 0.717) is 24.2 Å². The Bertz CT molecular complexity index is 615. The van der Waals surface area contributed by atoms with Crippen LogP contribution >= 0.6 is 0 Å². The molecule has 0 radical (unpaired) electrons. The zero-order chi connectivity index (χ0) is 16.7. The number of carbonyl (C=O) groups excluding carboxylic acids is 2. The molecule has 1 aliphatic carbocycles. The minimum absolute atomic E-state index is 0.310. The molecule has 6 heteroatoms. The van der Waals surface area contributed by atoms with E-state index in [2.05, 4.69) is 11.4 Å². The maximum Gasteiger partial charge on any atom is 0.338 e. The van der Waals surface area contributed by atoms with E-state index < -0.39 is 24.0 Å². The predicted molar refractivity (Wildman–Crippen MR) is 82.8 cm³/mol. The van der Waals surface area contributed by atoms with Gasteiger partial charge in [-0.2, -0.15) is 5.26 Å². The van der Waals surface area contributed by atoms with Crippen LogP contribution in [0.3, 0.4) is 0 Å². The topological polar surface area (TPSA) is 88.4 Å². The van der Waals surface area contributed by atoms with Crippen molar-refractivity contribution >= 4 is 11.9 Å². The van der Waals surface area contributed by atoms with Crippen LogP contribution in [0.2, 0.25) is 0 Å². The Kier molecular flexibility index (Phi) is 5.58. The SMILES string of the molecule is COc1cccc(C(=O)OCC(=O)NC2(C#N)CCCCC2)c1. The van der Waals surface area contributed by atoms with Crippen LogP contribution in [-0.4, -0.2) is 31.1 Å². The van der Waals surface area contributed by atoms with Gasteiger partial charge in [0.2, 0.25) is 0 Å². The number of benzene rings is 1. The quantitative estimate of drug-likeness (QED) is 0.841. The van der Waals surface area contributed by atoms with Gasteiger partial charge >= 0.3 is 5.97 Å². The monoisotopic (exact) mass is 316 g/mol. The lowest BCUT2D eigenvalue weighted by Crippen LogP contribution is -2.50. The van der Waals surface area contributed by atoms with E-state index in [4.69, 9.17) is 9.47 Å². The fourth-order valence-electron chi connectivity index (χ4n) is 2.69. The molecule has 0 bridgehead atoms. The molecule has 0 aromatic heterocycles. The summed E-state index contributed by atoms with van der Waals surface area (Å²) in [5.74, 6) is -0.520. The molecule has 6 nitrogen and oxygen atoms in total. The summed E-state index contributed by atoms with van der Waals surface area (Å²) < 4.78 is 10.0. The molecule has 1 aromatic carbocycles. The zero-order valence-electron chi connectivity index (χ0n) is 13.1. The minimum atomic E-state index is -0.822. The van der Waals surface area contributed by atoms with E-state index in [1.165, 1.54) is 13.2 Å². The van der Waals surface area contributed by atoms with Crippen molar-refractivity contribution in [1.29, 1.82) is 5.26 Å². The number of amides is 1. The summed E-state index contributed by atoms with van der Waals surface area (Å²) in [5, 5.41) is 12.0. The third-order valence-electron chi connectivity index (χ3n) is 3.94. The van der Waals surface area contributed by atoms with E-state index in [-0.39, 0.29) is 0 Å². The summed E-state index contributed by atoms with van der Waals surface area (Å²) in [5.41, 5.74) is -0.512. The highest BCUT2D eigenvalue weighted by Gasteiger charge is 2.33. The Hall–Kier alpha value is -2.55. The van der Waals surface area contributed by atoms with Crippen LogP contribution in [0.1, 0.15) is 42.5 Å². The maximum atomic E-state index is 12.0. The van der Waals surface area contributed by atoms with Gasteiger partial charge in [-0.25, -0.2) is 4.79 Å². The van der Waals surface area contributed by atoms with Gasteiger partial charge in [0.15, 0.2) is 6.61 Å². The standard InChI is InChI=1S/C17H20N2O4/c1-22-14-7-5-6-13(10-14)16(21)23-11-15(20)19-17(12-18)8-3-2-4-9-17/h5-7,10H,2-4,8-9,11H2,1H3,(H,19,20). The minimum Gasteiger partial charge on any atom is -0.497 e. The van der Waals surface area contributed by atoms with Gasteiger partial charge in [0.25, 0.3) is 5.91 Å². The summed E-state index contributed by atoms with van der Waals surface area (Å²) in [6.07, 6.45) is 4.18. The average molecular weight is 316 g/mol. The lowest BCUT2D eigenvalue weighted by atomic mass is 9.83. The van der Waals surface area contributed by atoms with Crippen LogP contribution < -0.4 is 10.1 Å². The van der Waals surface area contributed by atoms with Crippen molar-refractivity contribution in [2.24, 2.45) is 0 Å². The Morgan fingerprint density at radius 2 is 2.04 bits per heavy atom. The van der Waals surface area contributed by atoms with Gasteiger partial charge in [-0.3, -0.25) is 4.79 Å². The Morgan fingerprint density at radius 3 is 2.70 bits per heavy atom. The van der Waals surface area contributed by atoms with E-state index >= 15 is 0 Å². The van der Waals surface area contributed by atoms with E-state index in [9.17, 15) is 14.9 Å². The average Bonchev–Trinajstić information content (AvgIpc) is 2.60. The molecule has 0 heterocycles. The Morgan fingerprint density at radius 1 is 1.30 bits per heavy atom. The van der Waals surface area contributed by atoms with Gasteiger partial charge in [0, 0.05) is 0 Å². The van der Waals surface area contributed by atoms with Crippen molar-refractivity contribution in [3.05, 3.63) is 29.8 Å². The first-order valence-electron chi connectivity index (χ1n) is 7.62. The molecule has 1 fully saturated rings. The molecule has 0 saturated heterocycles. The molecular formula is C17H20N2O4. The molecule has 0 atom stereocenters. The first kappa shape index (κ1) is 16.8. The number of carbonyl (C=O) groups is 2. The van der Waals surface area contributed by atoms with Crippen LogP contribution in [0.25, 0.3) is 0 Å². The normalized spacial score (nSPS) is 16.0. The molecule has 2 rings (SSSR count). The third-order valence-corrected chi connectivity index (χ3v) is 3.94. The number of rotatable bonds is 5. The highest BCUT2D eigenvalue weighted by atomic mass is 16.5. The smallest absolute Gasteiger partial charge is 0.338 e. The van der Waals surface area contributed by atoms with Gasteiger partial charge < -0.3 is 14.8 Å². The second-order valence-electron chi connectivity index (χ2n) is 5.61. The van der Waals surface area contributed by atoms with Gasteiger partial charge in [-0.05, 0) is 31.0 Å². The first-order chi connectivity index (χ1) is 11.1. The second kappa shape index (κ2) is 7.63. The molecule has 0 aliphatic heterocycles. The van der Waals surface area contributed by atoms with Crippen LogP contribution in [0.5, 0.6) is 5.75 Å². The number of methoxy groups -OCH3 is 1. The maximum absolute atomic E-state index is 12.0. The largest absolute Gasteiger partial charge is 0.497 e. The summed E-state index contributed by atoms with van der Waals surface area (Å²) in [7, 11) is 1.50. The van der Waals surface area contributed by atoms with Crippen molar-refractivity contribution < 1.29 is 19.1 Å². The first-order valence-corrected chi connectivity index (χ1v) is 7.62. The number of ether oxygens (including phenoxy) is 2. The van der Waals surface area contributed by atoms with E-state index in [1.807, 2.05) is 0 Å². The molecule has 1 saturated carbocycles. The Labute approximate surface area is 135 Å². The highest BCUT2D eigenvalue weighted by molar-refractivity contribution is 5.91. The lowest BCUT2D eigenvalue weighted by Gasteiger charge is -2.31. The number of esters is 1. The highest BCUT2D eigenvalue weighted by Crippen LogP contribution is 2.27. The summed E-state index contributed by atoms with van der Waals surface area (Å²) in [6.45, 7) is -0.403. The zero-order valence-corrected chi connectivity index (χ0v) is 13.1. The lowest BCUT2D eigenvalue weighted by molar-refractivity contribution is -0.125. The Balaban J connectivity index is 1.88. The molecule has 0 unspecified atom stereocenters. The van der Waals surface area contributed by atoms with Gasteiger partial charge in [-0.1, -0.05) is 25.3 Å². The molecule has 1 N–H and O–H groups in total. The molecule has 122 valence electrons. The van der Waals surface area contributed by atoms with E-state index in [0.717, 1.165) is 19.3 Å². The van der Waals surface area contributed by atoms with Crippen LogP contribution in [0.15, 0.2) is 24.3 Å². The van der Waals surface area contributed by atoms with E-state index in [1.54, 1.807) is 18.2 Å². The summed E-state index contributed by atoms with van der Waals surface area (Å²) in [4.78, 5) is 23.9. The van der Waals surface area contributed by atoms with Gasteiger partial charge in [0.05, 0.1) is 18.7 Å². The van der Waals surface area contributed by atoms with Crippen LogP contribution in [-0.2, 0) is 9.53 Å². The molecule has 1 amide bonds. The molecule has 23 heavy (non-hydrogen) atoms. The number of nitriles is 1. The third kappa shape index (κ3) is 4.46. The van der Waals surface area contributed by atoms with Crippen molar-refractivity contribution in [3.63, 3.8) is 0 Å². The number of hydrogen-bond acceptors (Lipinski definition) is 5. The van der Waals surface area contributed by atoms with Crippen LogP contribution in [0.4, 0.5) is 0 Å². The molecule has 1 aromatic rings. The summed E-state index contributed by atoms with van der Waals surface area (Å²) in [6, 6.07) is 8.70. The van der Waals surface area contributed by atoms with Crippen molar-refractivity contribution in [2.75, 3.05) is 13.7 Å². The molecule has 0 spiro atoms. The second-order valence-corrected chi connectivity index (χ2v) is 5.61. The predicted octanol–water partition coefficient (Wildman–Crippen LogP) is 2.19. The summed E-state index contributed by atoms with van der Waals surface area (Å²) >= 11 is 0.